The van der Waals surface area contributed by atoms with E-state index >= 15 is 0 Å². The Balaban J connectivity index is 1.52. The second kappa shape index (κ2) is 6.72. The lowest BCUT2D eigenvalue weighted by Crippen LogP contribution is -2.16. The number of fused-ring (bicyclic) bond motifs is 2. The van der Waals surface area contributed by atoms with Crippen LogP contribution in [0, 0.1) is 0 Å². The zero-order chi connectivity index (χ0) is 17.4. The molecule has 0 aliphatic heterocycles. The first-order valence-corrected chi connectivity index (χ1v) is 9.68. The van der Waals surface area contributed by atoms with Crippen molar-refractivity contribution >= 4 is 38.9 Å². The molecule has 1 aliphatic carbocycles. The van der Waals surface area contributed by atoms with E-state index < -0.39 is 0 Å². The fraction of sp³-hybridized carbons (Fsp3) is 0.278. The number of aryl methyl sites for hydroxylation is 2. The standard InChI is InChI=1S/C18H15BrN2O3S/c19-12-5-6-16-20-13(8-17(22)21(16)9-12)10-24-18(23)15-7-11-3-1-2-4-14(11)25-15/h5-9H,1-4,10H2. The molecule has 0 aromatic carbocycles. The maximum Gasteiger partial charge on any atom is 0.348 e. The maximum atomic E-state index is 12.3. The van der Waals surface area contributed by atoms with Gasteiger partial charge in [-0.25, -0.2) is 9.78 Å². The number of esters is 1. The molecule has 7 heteroatoms. The van der Waals surface area contributed by atoms with Gasteiger partial charge >= 0.3 is 5.97 Å². The molecule has 3 heterocycles. The number of hydrogen-bond acceptors (Lipinski definition) is 5. The fourth-order valence-electron chi connectivity index (χ4n) is 3.00. The van der Waals surface area contributed by atoms with Crippen LogP contribution in [-0.4, -0.2) is 15.4 Å². The van der Waals surface area contributed by atoms with Gasteiger partial charge in [-0.15, -0.1) is 11.3 Å². The van der Waals surface area contributed by atoms with Crippen LogP contribution in [-0.2, 0) is 24.2 Å². The fourth-order valence-corrected chi connectivity index (χ4v) is 4.49. The number of rotatable bonds is 3. The molecule has 0 spiro atoms. The number of thiophene rings is 1. The quantitative estimate of drug-likeness (QED) is 0.607. The van der Waals surface area contributed by atoms with E-state index in [0.29, 0.717) is 16.2 Å². The lowest BCUT2D eigenvalue weighted by molar-refractivity contribution is 0.0473. The summed E-state index contributed by atoms with van der Waals surface area (Å²) in [6.07, 6.45) is 6.11. The summed E-state index contributed by atoms with van der Waals surface area (Å²) in [5.74, 6) is -0.350. The number of carbonyl (C=O) groups is 1. The third kappa shape index (κ3) is 3.39. The van der Waals surface area contributed by atoms with Crippen LogP contribution in [0.25, 0.3) is 5.65 Å². The Kier molecular flexibility index (Phi) is 4.43. The van der Waals surface area contributed by atoms with Crippen LogP contribution >= 0.6 is 27.3 Å². The molecule has 0 atom stereocenters. The van der Waals surface area contributed by atoms with Crippen LogP contribution in [0.15, 0.2) is 39.7 Å². The molecule has 0 unspecified atom stereocenters. The first-order chi connectivity index (χ1) is 12.1. The van der Waals surface area contributed by atoms with E-state index in [2.05, 4.69) is 20.9 Å². The minimum Gasteiger partial charge on any atom is -0.455 e. The topological polar surface area (TPSA) is 60.7 Å². The highest BCUT2D eigenvalue weighted by Gasteiger charge is 2.18. The van der Waals surface area contributed by atoms with Gasteiger partial charge in [-0.1, -0.05) is 0 Å². The molecule has 0 amide bonds. The first-order valence-electron chi connectivity index (χ1n) is 8.07. The van der Waals surface area contributed by atoms with E-state index in [0.717, 1.165) is 17.3 Å². The summed E-state index contributed by atoms with van der Waals surface area (Å²) in [7, 11) is 0. The molecule has 4 rings (SSSR count). The molecule has 128 valence electrons. The van der Waals surface area contributed by atoms with Crippen LogP contribution in [0.5, 0.6) is 0 Å². The molecule has 5 nitrogen and oxygen atoms in total. The average molecular weight is 419 g/mol. The molecule has 0 saturated carbocycles. The van der Waals surface area contributed by atoms with Gasteiger partial charge in [0.1, 0.15) is 17.1 Å². The SMILES string of the molecule is O=C(OCc1cc(=O)n2cc(Br)ccc2n1)c1cc2c(s1)CCCC2. The predicted octanol–water partition coefficient (Wildman–Crippen LogP) is 3.75. The number of pyridine rings is 1. The van der Waals surface area contributed by atoms with E-state index in [4.69, 9.17) is 4.74 Å². The Bertz CT molecular complexity index is 1000. The third-order valence-electron chi connectivity index (χ3n) is 4.23. The van der Waals surface area contributed by atoms with Crippen molar-refractivity contribution < 1.29 is 9.53 Å². The van der Waals surface area contributed by atoms with Crippen LogP contribution in [0.3, 0.4) is 0 Å². The number of nitrogens with zero attached hydrogens (tertiary/aromatic N) is 2. The predicted molar refractivity (Wildman–Crippen MR) is 99.2 cm³/mol. The number of aromatic nitrogens is 2. The third-order valence-corrected chi connectivity index (χ3v) is 5.91. The zero-order valence-electron chi connectivity index (χ0n) is 13.3. The Morgan fingerprint density at radius 1 is 1.28 bits per heavy atom. The van der Waals surface area contributed by atoms with E-state index in [1.807, 2.05) is 12.1 Å². The van der Waals surface area contributed by atoms with E-state index in [-0.39, 0.29) is 18.1 Å². The lowest BCUT2D eigenvalue weighted by atomic mass is 9.99. The molecule has 1 aliphatic rings. The van der Waals surface area contributed by atoms with Gasteiger partial charge in [-0.2, -0.15) is 0 Å². The Hall–Kier alpha value is -1.99. The Labute approximate surface area is 156 Å². The summed E-state index contributed by atoms with van der Waals surface area (Å²) in [4.78, 5) is 30.8. The summed E-state index contributed by atoms with van der Waals surface area (Å²) in [5.41, 5.74) is 2.04. The summed E-state index contributed by atoms with van der Waals surface area (Å²) in [5, 5.41) is 0. The van der Waals surface area contributed by atoms with Crippen molar-refractivity contribution in [1.29, 1.82) is 0 Å². The van der Waals surface area contributed by atoms with E-state index in [9.17, 15) is 9.59 Å². The van der Waals surface area contributed by atoms with Gasteiger partial charge in [0.2, 0.25) is 0 Å². The largest absolute Gasteiger partial charge is 0.455 e. The van der Waals surface area contributed by atoms with Crippen LogP contribution in [0.4, 0.5) is 0 Å². The smallest absolute Gasteiger partial charge is 0.348 e. The average Bonchev–Trinajstić information content (AvgIpc) is 3.04. The van der Waals surface area contributed by atoms with Crippen molar-refractivity contribution in [1.82, 2.24) is 9.38 Å². The monoisotopic (exact) mass is 418 g/mol. The van der Waals surface area contributed by atoms with Crippen molar-refractivity contribution in [3.63, 3.8) is 0 Å². The van der Waals surface area contributed by atoms with Crippen LogP contribution in [0.1, 0.15) is 38.6 Å². The lowest BCUT2D eigenvalue weighted by Gasteiger charge is -2.08. The highest BCUT2D eigenvalue weighted by molar-refractivity contribution is 9.10. The van der Waals surface area contributed by atoms with E-state index in [1.165, 1.54) is 45.1 Å². The summed E-state index contributed by atoms with van der Waals surface area (Å²) < 4.78 is 7.61. The number of hydrogen-bond donors (Lipinski definition) is 0. The highest BCUT2D eigenvalue weighted by atomic mass is 79.9. The molecule has 25 heavy (non-hydrogen) atoms. The molecule has 0 bridgehead atoms. The Morgan fingerprint density at radius 2 is 2.12 bits per heavy atom. The van der Waals surface area contributed by atoms with Crippen molar-refractivity contribution in [2.45, 2.75) is 32.3 Å². The Morgan fingerprint density at radius 3 is 2.96 bits per heavy atom. The molecule has 0 N–H and O–H groups in total. The van der Waals surface area contributed by atoms with Gasteiger partial charge < -0.3 is 4.74 Å². The normalized spacial score (nSPS) is 13.6. The van der Waals surface area contributed by atoms with Gasteiger partial charge in [-0.3, -0.25) is 9.20 Å². The molecule has 3 aromatic heterocycles. The summed E-state index contributed by atoms with van der Waals surface area (Å²) in [6.45, 7) is -0.0107. The number of halogens is 1. The van der Waals surface area contributed by atoms with Gasteiger partial charge in [-0.05, 0) is 65.4 Å². The second-order valence-electron chi connectivity index (χ2n) is 6.00. The second-order valence-corrected chi connectivity index (χ2v) is 8.06. The van der Waals surface area contributed by atoms with Crippen molar-refractivity contribution in [2.24, 2.45) is 0 Å². The zero-order valence-corrected chi connectivity index (χ0v) is 15.7. The van der Waals surface area contributed by atoms with Crippen LogP contribution < -0.4 is 5.56 Å². The van der Waals surface area contributed by atoms with Crippen LogP contribution in [0.2, 0.25) is 0 Å². The molecule has 3 aromatic rings. The van der Waals surface area contributed by atoms with Gasteiger partial charge in [0.25, 0.3) is 5.56 Å². The van der Waals surface area contributed by atoms with Gasteiger partial charge in [0.05, 0.1) is 5.69 Å². The minimum absolute atomic E-state index is 0.0107. The van der Waals surface area contributed by atoms with Crippen molar-refractivity contribution in [3.8, 4) is 0 Å². The van der Waals surface area contributed by atoms with Crippen molar-refractivity contribution in [3.05, 3.63) is 66.3 Å². The molecule has 0 fully saturated rings. The number of carbonyl (C=O) groups excluding carboxylic acids is 1. The molecule has 0 saturated heterocycles. The maximum absolute atomic E-state index is 12.3. The summed E-state index contributed by atoms with van der Waals surface area (Å²) >= 11 is 4.85. The molecular weight excluding hydrogens is 404 g/mol. The van der Waals surface area contributed by atoms with Crippen molar-refractivity contribution in [2.75, 3.05) is 0 Å². The molecular formula is C18H15BrN2O3S. The number of ether oxygens (including phenoxy) is 1. The molecule has 0 radical (unpaired) electrons. The van der Waals surface area contributed by atoms with E-state index in [1.54, 1.807) is 12.3 Å². The summed E-state index contributed by atoms with van der Waals surface area (Å²) in [6, 6.07) is 6.89. The first kappa shape index (κ1) is 16.5. The highest BCUT2D eigenvalue weighted by Crippen LogP contribution is 2.30. The minimum atomic E-state index is -0.350. The van der Waals surface area contributed by atoms with Gasteiger partial charge in [0.15, 0.2) is 0 Å². The van der Waals surface area contributed by atoms with Gasteiger partial charge in [0, 0.05) is 21.6 Å².